The van der Waals surface area contributed by atoms with Crippen LogP contribution < -0.4 is 16.4 Å². The van der Waals surface area contributed by atoms with Gasteiger partial charge in [-0.2, -0.15) is 0 Å². The highest BCUT2D eigenvalue weighted by molar-refractivity contribution is 5.96. The zero-order valence-corrected chi connectivity index (χ0v) is 13.7. The molecule has 4 N–H and O–H groups in total. The molecule has 1 aromatic carbocycles. The topological polar surface area (TPSA) is 105 Å². The van der Waals surface area contributed by atoms with Crippen molar-refractivity contribution in [3.8, 4) is 0 Å². The summed E-state index contributed by atoms with van der Waals surface area (Å²) in [6.45, 7) is 1.85. The predicted octanol–water partition coefficient (Wildman–Crippen LogP) is 0.987. The van der Waals surface area contributed by atoms with Crippen molar-refractivity contribution in [2.24, 2.45) is 5.73 Å². The van der Waals surface area contributed by atoms with Crippen LogP contribution in [0.25, 0.3) is 0 Å². The molecular weight excluding hydrogens is 308 g/mol. The first-order valence-corrected chi connectivity index (χ1v) is 8.24. The summed E-state index contributed by atoms with van der Waals surface area (Å²) in [5.41, 5.74) is 6.33. The van der Waals surface area contributed by atoms with Crippen LogP contribution in [0.1, 0.15) is 41.6 Å². The largest absolute Gasteiger partial charge is 0.368 e. The van der Waals surface area contributed by atoms with Crippen molar-refractivity contribution in [1.82, 2.24) is 15.5 Å². The van der Waals surface area contributed by atoms with E-state index in [0.717, 1.165) is 31.5 Å². The predicted molar refractivity (Wildman–Crippen MR) is 90.2 cm³/mol. The Bertz CT molecular complexity index is 578. The lowest BCUT2D eigenvalue weighted by molar-refractivity contribution is -0.117. The number of carbonyl (C=O) groups is 3. The number of nitrogens with one attached hydrogen (secondary N) is 2. The van der Waals surface area contributed by atoms with E-state index in [1.807, 2.05) is 4.90 Å². The third kappa shape index (κ3) is 5.57. The maximum absolute atomic E-state index is 12.2. The quantitative estimate of drug-likeness (QED) is 0.749. The van der Waals surface area contributed by atoms with E-state index in [4.69, 9.17) is 5.73 Å². The van der Waals surface area contributed by atoms with E-state index in [-0.39, 0.29) is 18.5 Å². The molecule has 0 aromatic heterocycles. The summed E-state index contributed by atoms with van der Waals surface area (Å²) < 4.78 is 0. The molecule has 7 heteroatoms. The fourth-order valence-corrected chi connectivity index (χ4v) is 2.61. The van der Waals surface area contributed by atoms with Gasteiger partial charge in [-0.15, -0.1) is 0 Å². The number of carbonyl (C=O) groups excluding carboxylic acids is 3. The molecule has 1 aliphatic rings. The van der Waals surface area contributed by atoms with Crippen molar-refractivity contribution in [2.45, 2.75) is 32.2 Å². The average molecular weight is 332 g/mol. The minimum absolute atomic E-state index is 0.0415. The molecule has 1 aromatic rings. The number of likely N-dealkylation sites (tertiary alicyclic amines) is 1. The number of urea groups is 1. The highest BCUT2D eigenvalue weighted by Gasteiger charge is 2.14. The van der Waals surface area contributed by atoms with Crippen molar-refractivity contribution >= 4 is 17.8 Å². The molecule has 7 nitrogen and oxygen atoms in total. The summed E-state index contributed by atoms with van der Waals surface area (Å²) in [7, 11) is 0. The number of nitrogens with zero attached hydrogens (tertiary/aromatic N) is 1. The Labute approximate surface area is 141 Å². The van der Waals surface area contributed by atoms with Crippen LogP contribution in [0.3, 0.4) is 0 Å². The Kier molecular flexibility index (Phi) is 6.60. The Hall–Kier alpha value is -2.57. The molecule has 24 heavy (non-hydrogen) atoms. The van der Waals surface area contributed by atoms with Gasteiger partial charge >= 0.3 is 6.03 Å². The molecular formula is C17H24N4O3. The molecule has 2 rings (SSSR count). The van der Waals surface area contributed by atoms with Gasteiger partial charge in [0, 0.05) is 25.2 Å². The Morgan fingerprint density at radius 1 is 0.958 bits per heavy atom. The molecule has 1 fully saturated rings. The van der Waals surface area contributed by atoms with Gasteiger partial charge in [0.2, 0.25) is 5.91 Å². The fraction of sp³-hybridized carbons (Fsp3) is 0.471. The number of amides is 4. The molecule has 1 heterocycles. The van der Waals surface area contributed by atoms with E-state index in [1.54, 1.807) is 24.3 Å². The first-order chi connectivity index (χ1) is 11.6. The summed E-state index contributed by atoms with van der Waals surface area (Å²) in [6, 6.07) is 6.83. The second kappa shape index (κ2) is 8.90. The van der Waals surface area contributed by atoms with Crippen LogP contribution in [-0.2, 0) is 11.3 Å². The third-order valence-corrected chi connectivity index (χ3v) is 3.98. The van der Waals surface area contributed by atoms with Crippen LogP contribution in [0.15, 0.2) is 24.3 Å². The first kappa shape index (κ1) is 17.8. The van der Waals surface area contributed by atoms with Crippen LogP contribution in [-0.4, -0.2) is 42.4 Å². The number of rotatable bonds is 5. The molecule has 0 bridgehead atoms. The Morgan fingerprint density at radius 3 is 2.17 bits per heavy atom. The van der Waals surface area contributed by atoms with Crippen LogP contribution in [0.5, 0.6) is 0 Å². The summed E-state index contributed by atoms with van der Waals surface area (Å²) in [4.78, 5) is 36.4. The van der Waals surface area contributed by atoms with Gasteiger partial charge in [0.15, 0.2) is 0 Å². The second-order valence-electron chi connectivity index (χ2n) is 5.91. The fourth-order valence-electron chi connectivity index (χ4n) is 2.61. The summed E-state index contributed by atoms with van der Waals surface area (Å²) >= 11 is 0. The van der Waals surface area contributed by atoms with E-state index in [9.17, 15) is 14.4 Å². The van der Waals surface area contributed by atoms with Gasteiger partial charge in [0.1, 0.15) is 0 Å². The molecule has 1 saturated heterocycles. The van der Waals surface area contributed by atoms with E-state index < -0.39 is 5.91 Å². The van der Waals surface area contributed by atoms with Crippen molar-refractivity contribution < 1.29 is 14.4 Å². The van der Waals surface area contributed by atoms with Gasteiger partial charge in [-0.25, -0.2) is 4.79 Å². The molecule has 0 saturated carbocycles. The normalized spacial score (nSPS) is 14.6. The Morgan fingerprint density at radius 2 is 1.58 bits per heavy atom. The molecule has 130 valence electrons. The number of hydrogen-bond acceptors (Lipinski definition) is 3. The Balaban J connectivity index is 1.81. The van der Waals surface area contributed by atoms with Gasteiger partial charge < -0.3 is 21.3 Å². The van der Waals surface area contributed by atoms with Crippen molar-refractivity contribution in [1.29, 1.82) is 0 Å². The number of primary amides is 1. The standard InChI is InChI=1S/C17H24N4O3/c18-15(22)12-19-16(23)14-7-5-13(6-8-14)11-20-17(24)21-9-3-1-2-4-10-21/h5-8H,1-4,9-12H2,(H2,18,22)(H,19,23)(H,20,24). The smallest absolute Gasteiger partial charge is 0.317 e. The van der Waals surface area contributed by atoms with E-state index in [0.29, 0.717) is 12.1 Å². The molecule has 0 aliphatic carbocycles. The maximum atomic E-state index is 12.2. The van der Waals surface area contributed by atoms with Crippen LogP contribution in [0.4, 0.5) is 4.79 Å². The van der Waals surface area contributed by atoms with Crippen LogP contribution in [0, 0.1) is 0 Å². The minimum Gasteiger partial charge on any atom is -0.368 e. The molecule has 0 unspecified atom stereocenters. The van der Waals surface area contributed by atoms with Gasteiger partial charge in [-0.3, -0.25) is 9.59 Å². The summed E-state index contributed by atoms with van der Waals surface area (Å²) in [5.74, 6) is -0.940. The minimum atomic E-state index is -0.587. The summed E-state index contributed by atoms with van der Waals surface area (Å²) in [5, 5.41) is 5.34. The lowest BCUT2D eigenvalue weighted by Gasteiger charge is -2.20. The van der Waals surface area contributed by atoms with Gasteiger partial charge in [0.25, 0.3) is 5.91 Å². The van der Waals surface area contributed by atoms with Crippen molar-refractivity contribution in [3.05, 3.63) is 35.4 Å². The van der Waals surface area contributed by atoms with Gasteiger partial charge in [-0.1, -0.05) is 25.0 Å². The van der Waals surface area contributed by atoms with Crippen molar-refractivity contribution in [2.75, 3.05) is 19.6 Å². The number of benzene rings is 1. The van der Waals surface area contributed by atoms with Crippen molar-refractivity contribution in [3.63, 3.8) is 0 Å². The third-order valence-electron chi connectivity index (χ3n) is 3.98. The zero-order valence-electron chi connectivity index (χ0n) is 13.7. The van der Waals surface area contributed by atoms with Crippen LogP contribution >= 0.6 is 0 Å². The molecule has 0 spiro atoms. The molecule has 1 aliphatic heterocycles. The zero-order chi connectivity index (χ0) is 17.4. The molecule has 0 radical (unpaired) electrons. The first-order valence-electron chi connectivity index (χ1n) is 8.24. The van der Waals surface area contributed by atoms with Gasteiger partial charge in [0.05, 0.1) is 6.54 Å². The SMILES string of the molecule is NC(=O)CNC(=O)c1ccc(CNC(=O)N2CCCCCC2)cc1. The number of nitrogens with two attached hydrogens (primary N) is 1. The highest BCUT2D eigenvalue weighted by atomic mass is 16.2. The monoisotopic (exact) mass is 332 g/mol. The average Bonchev–Trinajstić information content (AvgIpc) is 2.87. The van der Waals surface area contributed by atoms with Gasteiger partial charge in [-0.05, 0) is 30.5 Å². The lowest BCUT2D eigenvalue weighted by Crippen LogP contribution is -2.40. The maximum Gasteiger partial charge on any atom is 0.317 e. The molecule has 4 amide bonds. The second-order valence-corrected chi connectivity index (χ2v) is 5.91. The molecule has 0 atom stereocenters. The van der Waals surface area contributed by atoms with E-state index in [1.165, 1.54) is 12.8 Å². The van der Waals surface area contributed by atoms with Crippen LogP contribution in [0.2, 0.25) is 0 Å². The lowest BCUT2D eigenvalue weighted by atomic mass is 10.1. The number of hydrogen-bond donors (Lipinski definition) is 3. The van der Waals surface area contributed by atoms with E-state index in [2.05, 4.69) is 10.6 Å². The van der Waals surface area contributed by atoms with E-state index >= 15 is 0 Å². The highest BCUT2D eigenvalue weighted by Crippen LogP contribution is 2.10. The summed E-state index contributed by atoms with van der Waals surface area (Å²) in [6.07, 6.45) is 4.48.